The number of nitrogens with one attached hydrogen (secondary N) is 1. The summed E-state index contributed by atoms with van der Waals surface area (Å²) in [6.45, 7) is 3.95. The van der Waals surface area contributed by atoms with Crippen LogP contribution in [0.15, 0.2) is 22.7 Å². The Labute approximate surface area is 133 Å². The van der Waals surface area contributed by atoms with E-state index in [1.54, 1.807) is 18.2 Å². The van der Waals surface area contributed by atoms with Crippen LogP contribution in [0, 0.1) is 5.92 Å². The van der Waals surface area contributed by atoms with Crippen molar-refractivity contribution >= 4 is 27.8 Å². The minimum atomic E-state index is -0.655. The molecule has 1 amide bonds. The topological polar surface area (TPSA) is 64.6 Å². The Kier molecular flexibility index (Phi) is 6.68. The van der Waals surface area contributed by atoms with Gasteiger partial charge in [-0.25, -0.2) is 4.79 Å². The van der Waals surface area contributed by atoms with Gasteiger partial charge in [-0.1, -0.05) is 13.8 Å². The molecule has 0 aliphatic rings. The van der Waals surface area contributed by atoms with Gasteiger partial charge in [0.15, 0.2) is 0 Å². The van der Waals surface area contributed by atoms with E-state index in [0.29, 0.717) is 17.7 Å². The molecule has 0 fully saturated rings. The monoisotopic (exact) mass is 357 g/mol. The summed E-state index contributed by atoms with van der Waals surface area (Å²) >= 11 is 3.33. The molecule has 1 aromatic carbocycles. The van der Waals surface area contributed by atoms with E-state index >= 15 is 0 Å². The van der Waals surface area contributed by atoms with Crippen LogP contribution in [0.4, 0.5) is 0 Å². The van der Waals surface area contributed by atoms with Crippen LogP contribution in [-0.4, -0.2) is 32.1 Å². The highest BCUT2D eigenvalue weighted by Gasteiger charge is 2.23. The Morgan fingerprint density at radius 1 is 1.29 bits per heavy atom. The quantitative estimate of drug-likeness (QED) is 0.795. The van der Waals surface area contributed by atoms with Gasteiger partial charge in [0.05, 0.1) is 18.7 Å². The molecule has 1 atom stereocenters. The zero-order valence-corrected chi connectivity index (χ0v) is 14.2. The van der Waals surface area contributed by atoms with Gasteiger partial charge < -0.3 is 14.8 Å². The molecule has 0 aromatic heterocycles. The summed E-state index contributed by atoms with van der Waals surface area (Å²) in [5.74, 6) is 0.0351. The maximum Gasteiger partial charge on any atom is 0.328 e. The van der Waals surface area contributed by atoms with Crippen molar-refractivity contribution in [2.24, 2.45) is 5.92 Å². The molecule has 5 nitrogen and oxygen atoms in total. The maximum atomic E-state index is 12.2. The normalized spacial score (nSPS) is 11.9. The third-order valence-electron chi connectivity index (χ3n) is 2.91. The SMILES string of the molecule is COC(=O)C(CC(C)C)NC(=O)c1ccc(Br)c(OC)c1. The second-order valence-corrected chi connectivity index (χ2v) is 5.88. The van der Waals surface area contributed by atoms with E-state index in [9.17, 15) is 9.59 Å². The predicted octanol–water partition coefficient (Wildman–Crippen LogP) is 2.78. The molecule has 1 N–H and O–H groups in total. The molecule has 6 heteroatoms. The lowest BCUT2D eigenvalue weighted by Gasteiger charge is -2.18. The number of rotatable bonds is 6. The molecule has 0 saturated heterocycles. The lowest BCUT2D eigenvalue weighted by molar-refractivity contribution is -0.143. The average molecular weight is 358 g/mol. The number of benzene rings is 1. The fourth-order valence-electron chi connectivity index (χ4n) is 1.87. The van der Waals surface area contributed by atoms with E-state index in [2.05, 4.69) is 21.2 Å². The first-order valence-electron chi connectivity index (χ1n) is 6.61. The van der Waals surface area contributed by atoms with Crippen LogP contribution in [-0.2, 0) is 9.53 Å². The first-order chi connectivity index (χ1) is 9.88. The number of ether oxygens (including phenoxy) is 2. The molecule has 1 aromatic rings. The maximum absolute atomic E-state index is 12.2. The number of carbonyl (C=O) groups is 2. The van der Waals surface area contributed by atoms with Crippen LogP contribution in [0.1, 0.15) is 30.6 Å². The second kappa shape index (κ2) is 8.02. The Morgan fingerprint density at radius 2 is 1.95 bits per heavy atom. The molecule has 1 rings (SSSR count). The van der Waals surface area contributed by atoms with Crippen LogP contribution in [0.2, 0.25) is 0 Å². The Hall–Kier alpha value is -1.56. The van der Waals surface area contributed by atoms with E-state index in [1.807, 2.05) is 13.8 Å². The van der Waals surface area contributed by atoms with Gasteiger partial charge in [0.1, 0.15) is 11.8 Å². The lowest BCUT2D eigenvalue weighted by atomic mass is 10.0. The van der Waals surface area contributed by atoms with Gasteiger partial charge >= 0.3 is 5.97 Å². The largest absolute Gasteiger partial charge is 0.496 e. The Morgan fingerprint density at radius 3 is 2.48 bits per heavy atom. The van der Waals surface area contributed by atoms with Crippen molar-refractivity contribution in [2.75, 3.05) is 14.2 Å². The Balaban J connectivity index is 2.88. The summed E-state index contributed by atoms with van der Waals surface area (Å²) in [7, 11) is 2.84. The van der Waals surface area contributed by atoms with Gasteiger partial charge in [0, 0.05) is 5.56 Å². The molecule has 0 heterocycles. The molecule has 0 saturated carbocycles. The van der Waals surface area contributed by atoms with Crippen LogP contribution in [0.5, 0.6) is 5.75 Å². The number of halogens is 1. The van der Waals surface area contributed by atoms with E-state index in [-0.39, 0.29) is 11.8 Å². The summed E-state index contributed by atoms with van der Waals surface area (Å²) in [5, 5.41) is 2.70. The van der Waals surface area contributed by atoms with Crippen LogP contribution < -0.4 is 10.1 Å². The first-order valence-corrected chi connectivity index (χ1v) is 7.40. The number of methoxy groups -OCH3 is 2. The summed E-state index contributed by atoms with van der Waals surface area (Å²) in [6, 6.07) is 4.34. The van der Waals surface area contributed by atoms with Crippen LogP contribution in [0.3, 0.4) is 0 Å². The minimum Gasteiger partial charge on any atom is -0.496 e. The third-order valence-corrected chi connectivity index (χ3v) is 3.57. The van der Waals surface area contributed by atoms with Crippen molar-refractivity contribution in [3.8, 4) is 5.75 Å². The van der Waals surface area contributed by atoms with Crippen LogP contribution >= 0.6 is 15.9 Å². The van der Waals surface area contributed by atoms with E-state index in [1.165, 1.54) is 14.2 Å². The molecule has 116 valence electrons. The van der Waals surface area contributed by atoms with Crippen molar-refractivity contribution in [1.82, 2.24) is 5.32 Å². The highest BCUT2D eigenvalue weighted by molar-refractivity contribution is 9.10. The van der Waals surface area contributed by atoms with Gasteiger partial charge in [0.2, 0.25) is 0 Å². The molecule has 0 aliphatic carbocycles. The molecular formula is C15H20BrNO4. The molecular weight excluding hydrogens is 338 g/mol. The van der Waals surface area contributed by atoms with Crippen molar-refractivity contribution < 1.29 is 19.1 Å². The predicted molar refractivity (Wildman–Crippen MR) is 83.4 cm³/mol. The van der Waals surface area contributed by atoms with Crippen molar-refractivity contribution in [1.29, 1.82) is 0 Å². The Bertz CT molecular complexity index is 516. The van der Waals surface area contributed by atoms with E-state index in [0.717, 1.165) is 4.47 Å². The zero-order chi connectivity index (χ0) is 16.0. The van der Waals surface area contributed by atoms with Crippen molar-refractivity contribution in [3.63, 3.8) is 0 Å². The standard InChI is InChI=1S/C15H20BrNO4/c1-9(2)7-12(15(19)21-4)17-14(18)10-5-6-11(16)13(8-10)20-3/h5-6,8-9,12H,7H2,1-4H3,(H,17,18). The van der Waals surface area contributed by atoms with Gasteiger partial charge in [-0.15, -0.1) is 0 Å². The number of hydrogen-bond donors (Lipinski definition) is 1. The highest BCUT2D eigenvalue weighted by Crippen LogP contribution is 2.25. The van der Waals surface area contributed by atoms with Gasteiger partial charge in [-0.2, -0.15) is 0 Å². The third kappa shape index (κ3) is 5.04. The molecule has 21 heavy (non-hydrogen) atoms. The summed E-state index contributed by atoms with van der Waals surface area (Å²) < 4.78 is 10.6. The minimum absolute atomic E-state index is 0.258. The molecule has 0 spiro atoms. The number of carbonyl (C=O) groups excluding carboxylic acids is 2. The lowest BCUT2D eigenvalue weighted by Crippen LogP contribution is -2.42. The summed E-state index contributed by atoms with van der Waals surface area (Å²) in [6.07, 6.45) is 0.520. The fraction of sp³-hybridized carbons (Fsp3) is 0.467. The fourth-order valence-corrected chi connectivity index (χ4v) is 2.28. The van der Waals surface area contributed by atoms with E-state index in [4.69, 9.17) is 9.47 Å². The van der Waals surface area contributed by atoms with Crippen LogP contribution in [0.25, 0.3) is 0 Å². The molecule has 0 radical (unpaired) electrons. The summed E-state index contributed by atoms with van der Waals surface area (Å²) in [4.78, 5) is 24.0. The van der Waals surface area contributed by atoms with Crippen molar-refractivity contribution in [3.05, 3.63) is 28.2 Å². The van der Waals surface area contributed by atoms with Gasteiger partial charge in [-0.05, 0) is 46.5 Å². The highest BCUT2D eigenvalue weighted by atomic mass is 79.9. The molecule has 0 aliphatic heterocycles. The molecule has 0 bridgehead atoms. The average Bonchev–Trinajstić information content (AvgIpc) is 2.45. The zero-order valence-electron chi connectivity index (χ0n) is 12.6. The summed E-state index contributed by atoms with van der Waals surface area (Å²) in [5.41, 5.74) is 0.424. The van der Waals surface area contributed by atoms with Gasteiger partial charge in [-0.3, -0.25) is 4.79 Å². The second-order valence-electron chi connectivity index (χ2n) is 5.03. The number of hydrogen-bond acceptors (Lipinski definition) is 4. The van der Waals surface area contributed by atoms with Gasteiger partial charge in [0.25, 0.3) is 5.91 Å². The smallest absolute Gasteiger partial charge is 0.328 e. The number of esters is 1. The van der Waals surface area contributed by atoms with Crippen molar-refractivity contribution in [2.45, 2.75) is 26.3 Å². The van der Waals surface area contributed by atoms with E-state index < -0.39 is 12.0 Å². The number of amides is 1. The first kappa shape index (κ1) is 17.5. The molecule has 1 unspecified atom stereocenters.